The fourth-order valence-electron chi connectivity index (χ4n) is 1.95. The standard InChI is InChI=1S/C13H16BrNO2/c14-11-7-9(12(15)5-6-13(16)17)3-4-10(11)8-1-2-8/h3-4,7-8,12H,1-2,5-6,15H2,(H,16,17). The van der Waals surface area contributed by atoms with E-state index in [1.165, 1.54) is 18.4 Å². The number of carboxylic acid groups (broad SMARTS) is 1. The number of nitrogens with two attached hydrogens (primary N) is 1. The Hall–Kier alpha value is -0.870. The van der Waals surface area contributed by atoms with Crippen LogP contribution in [0.5, 0.6) is 0 Å². The van der Waals surface area contributed by atoms with Crippen LogP contribution in [0.3, 0.4) is 0 Å². The van der Waals surface area contributed by atoms with Crippen molar-refractivity contribution < 1.29 is 9.90 Å². The smallest absolute Gasteiger partial charge is 0.303 e. The zero-order chi connectivity index (χ0) is 12.4. The lowest BCUT2D eigenvalue weighted by atomic mass is 10.0. The number of carboxylic acids is 1. The van der Waals surface area contributed by atoms with Crippen LogP contribution in [0.2, 0.25) is 0 Å². The van der Waals surface area contributed by atoms with Crippen LogP contribution in [0.15, 0.2) is 22.7 Å². The second-order valence-electron chi connectivity index (χ2n) is 4.59. The van der Waals surface area contributed by atoms with Crippen LogP contribution in [0.25, 0.3) is 0 Å². The van der Waals surface area contributed by atoms with Gasteiger partial charge >= 0.3 is 5.97 Å². The third-order valence-electron chi connectivity index (χ3n) is 3.14. The molecule has 0 aliphatic heterocycles. The van der Waals surface area contributed by atoms with Crippen LogP contribution < -0.4 is 5.73 Å². The highest BCUT2D eigenvalue weighted by Gasteiger charge is 2.25. The Morgan fingerprint density at radius 2 is 2.24 bits per heavy atom. The van der Waals surface area contributed by atoms with Gasteiger partial charge in [0.25, 0.3) is 0 Å². The van der Waals surface area contributed by atoms with Gasteiger partial charge < -0.3 is 10.8 Å². The van der Waals surface area contributed by atoms with Crippen molar-refractivity contribution in [2.24, 2.45) is 5.73 Å². The molecule has 0 heterocycles. The molecule has 92 valence electrons. The minimum Gasteiger partial charge on any atom is -0.481 e. The summed E-state index contributed by atoms with van der Waals surface area (Å²) in [5, 5.41) is 8.62. The van der Waals surface area contributed by atoms with Gasteiger partial charge in [-0.25, -0.2) is 0 Å². The number of rotatable bonds is 5. The monoisotopic (exact) mass is 297 g/mol. The van der Waals surface area contributed by atoms with E-state index < -0.39 is 5.97 Å². The maximum absolute atomic E-state index is 10.5. The summed E-state index contributed by atoms with van der Waals surface area (Å²) in [6.07, 6.45) is 3.12. The zero-order valence-electron chi connectivity index (χ0n) is 9.53. The van der Waals surface area contributed by atoms with Crippen molar-refractivity contribution in [3.05, 3.63) is 33.8 Å². The fourth-order valence-corrected chi connectivity index (χ4v) is 2.67. The number of hydrogen-bond acceptors (Lipinski definition) is 2. The van der Waals surface area contributed by atoms with E-state index in [-0.39, 0.29) is 12.5 Å². The van der Waals surface area contributed by atoms with Gasteiger partial charge in [-0.2, -0.15) is 0 Å². The Morgan fingerprint density at radius 1 is 1.53 bits per heavy atom. The van der Waals surface area contributed by atoms with Gasteiger partial charge in [-0.05, 0) is 42.4 Å². The molecule has 1 saturated carbocycles. The van der Waals surface area contributed by atoms with E-state index in [0.717, 1.165) is 10.0 Å². The quantitative estimate of drug-likeness (QED) is 0.877. The molecule has 3 N–H and O–H groups in total. The summed E-state index contributed by atoms with van der Waals surface area (Å²) >= 11 is 3.56. The van der Waals surface area contributed by atoms with E-state index in [9.17, 15) is 4.79 Å². The molecule has 1 fully saturated rings. The molecule has 0 bridgehead atoms. The highest BCUT2D eigenvalue weighted by Crippen LogP contribution is 2.43. The van der Waals surface area contributed by atoms with E-state index in [2.05, 4.69) is 22.0 Å². The first-order valence-electron chi connectivity index (χ1n) is 5.84. The summed E-state index contributed by atoms with van der Waals surface area (Å²) < 4.78 is 1.10. The first kappa shape index (κ1) is 12.6. The average Bonchev–Trinajstić information content (AvgIpc) is 3.09. The highest BCUT2D eigenvalue weighted by atomic mass is 79.9. The second kappa shape index (κ2) is 5.19. The normalized spacial score (nSPS) is 16.8. The molecule has 3 nitrogen and oxygen atoms in total. The summed E-state index contributed by atoms with van der Waals surface area (Å²) in [5.74, 6) is -0.0946. The van der Waals surface area contributed by atoms with Gasteiger partial charge in [0.2, 0.25) is 0 Å². The lowest BCUT2D eigenvalue weighted by molar-refractivity contribution is -0.137. The van der Waals surface area contributed by atoms with Gasteiger partial charge in [-0.3, -0.25) is 4.79 Å². The van der Waals surface area contributed by atoms with Crippen molar-refractivity contribution in [1.82, 2.24) is 0 Å². The van der Waals surface area contributed by atoms with Gasteiger partial charge in [-0.1, -0.05) is 28.1 Å². The molecule has 0 amide bonds. The Labute approximate surface area is 109 Å². The largest absolute Gasteiger partial charge is 0.481 e. The van der Waals surface area contributed by atoms with Crippen molar-refractivity contribution in [2.75, 3.05) is 0 Å². The molecule has 17 heavy (non-hydrogen) atoms. The molecule has 1 aliphatic rings. The Kier molecular flexibility index (Phi) is 3.84. The Bertz CT molecular complexity index is 429. The summed E-state index contributed by atoms with van der Waals surface area (Å²) in [6.45, 7) is 0. The van der Waals surface area contributed by atoms with Gasteiger partial charge in [0.1, 0.15) is 0 Å². The topological polar surface area (TPSA) is 63.3 Å². The lowest BCUT2D eigenvalue weighted by Crippen LogP contribution is -2.12. The van der Waals surface area contributed by atoms with Crippen molar-refractivity contribution >= 4 is 21.9 Å². The number of benzene rings is 1. The summed E-state index contributed by atoms with van der Waals surface area (Å²) in [5.41, 5.74) is 8.32. The molecule has 0 radical (unpaired) electrons. The summed E-state index contributed by atoms with van der Waals surface area (Å²) in [6, 6.07) is 5.96. The maximum atomic E-state index is 10.5. The fraction of sp³-hybridized carbons (Fsp3) is 0.462. The van der Waals surface area contributed by atoms with Gasteiger partial charge in [0.15, 0.2) is 0 Å². The molecule has 2 rings (SSSR count). The minimum absolute atomic E-state index is 0.114. The Balaban J connectivity index is 2.05. The van der Waals surface area contributed by atoms with Gasteiger partial charge in [0.05, 0.1) is 0 Å². The second-order valence-corrected chi connectivity index (χ2v) is 5.45. The molecule has 0 spiro atoms. The van der Waals surface area contributed by atoms with Crippen LogP contribution in [-0.2, 0) is 4.79 Å². The van der Waals surface area contributed by atoms with Crippen LogP contribution in [0.1, 0.15) is 48.8 Å². The van der Waals surface area contributed by atoms with Gasteiger partial charge in [-0.15, -0.1) is 0 Å². The van der Waals surface area contributed by atoms with E-state index in [1.807, 2.05) is 12.1 Å². The average molecular weight is 298 g/mol. The number of aliphatic carboxylic acids is 1. The predicted octanol–water partition coefficient (Wildman–Crippen LogP) is 3.19. The molecule has 4 heteroatoms. The molecule has 1 aliphatic carbocycles. The molecule has 0 aromatic heterocycles. The molecule has 1 atom stereocenters. The molecule has 1 aromatic rings. The highest BCUT2D eigenvalue weighted by molar-refractivity contribution is 9.10. The Morgan fingerprint density at radius 3 is 2.76 bits per heavy atom. The minimum atomic E-state index is -0.797. The van der Waals surface area contributed by atoms with E-state index in [0.29, 0.717) is 12.3 Å². The first-order valence-corrected chi connectivity index (χ1v) is 6.64. The molecule has 1 aromatic carbocycles. The molecule has 0 saturated heterocycles. The lowest BCUT2D eigenvalue weighted by Gasteiger charge is -2.13. The van der Waals surface area contributed by atoms with Crippen LogP contribution in [-0.4, -0.2) is 11.1 Å². The van der Waals surface area contributed by atoms with E-state index >= 15 is 0 Å². The summed E-state index contributed by atoms with van der Waals surface area (Å²) in [4.78, 5) is 10.5. The van der Waals surface area contributed by atoms with Crippen molar-refractivity contribution in [3.8, 4) is 0 Å². The van der Waals surface area contributed by atoms with Crippen molar-refractivity contribution in [2.45, 2.75) is 37.6 Å². The summed E-state index contributed by atoms with van der Waals surface area (Å²) in [7, 11) is 0. The van der Waals surface area contributed by atoms with Crippen molar-refractivity contribution in [1.29, 1.82) is 0 Å². The van der Waals surface area contributed by atoms with Gasteiger partial charge in [0, 0.05) is 16.9 Å². The molecular formula is C13H16BrNO2. The number of halogens is 1. The maximum Gasteiger partial charge on any atom is 0.303 e. The molecule has 1 unspecified atom stereocenters. The van der Waals surface area contributed by atoms with Crippen LogP contribution in [0, 0.1) is 0 Å². The van der Waals surface area contributed by atoms with E-state index in [1.54, 1.807) is 0 Å². The van der Waals surface area contributed by atoms with Crippen molar-refractivity contribution in [3.63, 3.8) is 0 Å². The molecular weight excluding hydrogens is 282 g/mol. The number of carbonyl (C=O) groups is 1. The van der Waals surface area contributed by atoms with Crippen LogP contribution >= 0.6 is 15.9 Å². The third kappa shape index (κ3) is 3.30. The SMILES string of the molecule is NC(CCC(=O)O)c1ccc(C2CC2)c(Br)c1. The first-order chi connectivity index (χ1) is 8.08. The number of hydrogen-bond donors (Lipinski definition) is 2. The zero-order valence-corrected chi connectivity index (χ0v) is 11.1. The predicted molar refractivity (Wildman–Crippen MR) is 69.9 cm³/mol. The van der Waals surface area contributed by atoms with E-state index in [4.69, 9.17) is 10.8 Å². The van der Waals surface area contributed by atoms with Crippen LogP contribution in [0.4, 0.5) is 0 Å². The third-order valence-corrected chi connectivity index (χ3v) is 3.83.